The molecule has 2 fully saturated rings. The van der Waals surface area contributed by atoms with Gasteiger partial charge in [-0.25, -0.2) is 4.98 Å². The zero-order chi connectivity index (χ0) is 18.9. The molecular formula is C21H30N4OS. The van der Waals surface area contributed by atoms with E-state index in [0.29, 0.717) is 0 Å². The van der Waals surface area contributed by atoms with Crippen LogP contribution in [0.1, 0.15) is 21.9 Å². The highest BCUT2D eigenvalue weighted by molar-refractivity contribution is 7.11. The van der Waals surface area contributed by atoms with E-state index in [-0.39, 0.29) is 6.04 Å². The van der Waals surface area contributed by atoms with E-state index in [0.717, 1.165) is 62.8 Å². The Kier molecular flexibility index (Phi) is 5.62. The second-order valence-corrected chi connectivity index (χ2v) is 9.30. The summed E-state index contributed by atoms with van der Waals surface area (Å²) in [4.78, 5) is 13.1. The predicted octanol–water partition coefficient (Wildman–Crippen LogP) is 2.16. The monoisotopic (exact) mass is 386 g/mol. The van der Waals surface area contributed by atoms with Crippen molar-refractivity contribution in [2.45, 2.75) is 31.5 Å². The minimum Gasteiger partial charge on any atom is -0.383 e. The molecule has 2 saturated heterocycles. The van der Waals surface area contributed by atoms with E-state index in [2.05, 4.69) is 45.8 Å². The third-order valence-corrected chi connectivity index (χ3v) is 6.99. The molecule has 2 atom stereocenters. The van der Waals surface area contributed by atoms with Crippen LogP contribution < -0.4 is 0 Å². The molecule has 4 rings (SSSR count). The van der Waals surface area contributed by atoms with Gasteiger partial charge in [-0.1, -0.05) is 30.3 Å². The maximum Gasteiger partial charge on any atom is 0.108 e. The lowest BCUT2D eigenvalue weighted by atomic mass is 9.79. The van der Waals surface area contributed by atoms with Gasteiger partial charge in [-0.3, -0.25) is 9.80 Å². The lowest BCUT2D eigenvalue weighted by Gasteiger charge is -2.51. The van der Waals surface area contributed by atoms with Gasteiger partial charge in [-0.2, -0.15) is 0 Å². The average molecular weight is 387 g/mol. The molecule has 0 spiro atoms. The van der Waals surface area contributed by atoms with Gasteiger partial charge in [0.05, 0.1) is 11.0 Å². The Morgan fingerprint density at radius 1 is 1.15 bits per heavy atom. The number of thiazole rings is 1. The highest BCUT2D eigenvalue weighted by atomic mass is 32.1. The van der Waals surface area contributed by atoms with Gasteiger partial charge in [0.1, 0.15) is 5.60 Å². The van der Waals surface area contributed by atoms with Gasteiger partial charge in [0.2, 0.25) is 0 Å². The van der Waals surface area contributed by atoms with Crippen LogP contribution in [-0.2, 0) is 12.1 Å². The van der Waals surface area contributed by atoms with Gasteiger partial charge < -0.3 is 10.0 Å². The fourth-order valence-corrected chi connectivity index (χ4v) is 5.28. The zero-order valence-corrected chi connectivity index (χ0v) is 17.2. The van der Waals surface area contributed by atoms with Crippen molar-refractivity contribution in [1.29, 1.82) is 0 Å². The Morgan fingerprint density at radius 3 is 2.56 bits per heavy atom. The van der Waals surface area contributed by atoms with E-state index >= 15 is 0 Å². The van der Waals surface area contributed by atoms with Crippen LogP contribution in [0.2, 0.25) is 0 Å². The standard InChI is InChI=1S/C21H30N4OS/c1-17-22-14-19(27-17)15-24-9-8-21(26,18-6-4-3-5-7-18)20(16-24)25-12-10-23(2)11-13-25/h3-7,14,20,26H,8-13,15-16H2,1-2H3/t20-,21+/m1/s1. The second kappa shape index (κ2) is 7.97. The molecule has 3 heterocycles. The summed E-state index contributed by atoms with van der Waals surface area (Å²) in [7, 11) is 2.18. The molecule has 146 valence electrons. The number of hydrogen-bond donors (Lipinski definition) is 1. The van der Waals surface area contributed by atoms with Crippen molar-refractivity contribution in [2.24, 2.45) is 0 Å². The van der Waals surface area contributed by atoms with Crippen LogP contribution in [0.3, 0.4) is 0 Å². The van der Waals surface area contributed by atoms with Gasteiger partial charge in [-0.15, -0.1) is 11.3 Å². The highest BCUT2D eigenvalue weighted by Gasteiger charge is 2.46. The van der Waals surface area contributed by atoms with E-state index in [9.17, 15) is 5.11 Å². The number of likely N-dealkylation sites (tertiary alicyclic amines) is 1. The summed E-state index contributed by atoms with van der Waals surface area (Å²) in [6.07, 6.45) is 2.77. The Bertz CT molecular complexity index is 744. The van der Waals surface area contributed by atoms with E-state index in [1.165, 1.54) is 4.88 Å². The topological polar surface area (TPSA) is 42.8 Å². The number of nitrogens with zero attached hydrogens (tertiary/aromatic N) is 4. The first-order valence-electron chi connectivity index (χ1n) is 9.89. The van der Waals surface area contributed by atoms with Gasteiger partial charge in [0, 0.05) is 56.9 Å². The highest BCUT2D eigenvalue weighted by Crippen LogP contribution is 2.37. The zero-order valence-electron chi connectivity index (χ0n) is 16.3. The number of aryl methyl sites for hydroxylation is 1. The van der Waals surface area contributed by atoms with Crippen LogP contribution in [0.25, 0.3) is 0 Å². The first kappa shape index (κ1) is 19.0. The smallest absolute Gasteiger partial charge is 0.108 e. The third kappa shape index (κ3) is 4.10. The summed E-state index contributed by atoms with van der Waals surface area (Å²) in [6.45, 7) is 8.96. The normalized spacial score (nSPS) is 28.5. The molecule has 0 bridgehead atoms. The molecule has 0 radical (unpaired) electrons. The summed E-state index contributed by atoms with van der Waals surface area (Å²) in [5.74, 6) is 0. The maximum atomic E-state index is 11.8. The SMILES string of the molecule is Cc1ncc(CN2CC[C@](O)(c3ccccc3)[C@H](N3CCN(C)CC3)C2)s1. The number of aromatic nitrogens is 1. The molecule has 2 aliphatic rings. The van der Waals surface area contributed by atoms with Crippen LogP contribution >= 0.6 is 11.3 Å². The number of aliphatic hydroxyl groups is 1. The Balaban J connectivity index is 1.56. The molecule has 27 heavy (non-hydrogen) atoms. The van der Waals surface area contributed by atoms with E-state index in [1.807, 2.05) is 24.4 Å². The number of piperidine rings is 1. The molecular weight excluding hydrogens is 356 g/mol. The van der Waals surface area contributed by atoms with Gasteiger partial charge in [0.25, 0.3) is 0 Å². The number of benzene rings is 1. The molecule has 2 aromatic rings. The molecule has 2 aliphatic heterocycles. The first-order chi connectivity index (χ1) is 13.0. The number of likely N-dealkylation sites (N-methyl/N-ethyl adjacent to an activating group) is 1. The van der Waals surface area contributed by atoms with Crippen molar-refractivity contribution in [1.82, 2.24) is 19.7 Å². The molecule has 6 heteroatoms. The molecule has 1 aromatic heterocycles. The number of piperazine rings is 1. The summed E-state index contributed by atoms with van der Waals surface area (Å²) in [5.41, 5.74) is 0.277. The first-order valence-corrected chi connectivity index (χ1v) is 10.7. The van der Waals surface area contributed by atoms with E-state index in [1.54, 1.807) is 11.3 Å². The van der Waals surface area contributed by atoms with Gasteiger partial charge in [0.15, 0.2) is 0 Å². The average Bonchev–Trinajstić information content (AvgIpc) is 3.10. The molecule has 5 nitrogen and oxygen atoms in total. The van der Waals surface area contributed by atoms with Crippen LogP contribution in [0.4, 0.5) is 0 Å². The van der Waals surface area contributed by atoms with Gasteiger partial charge in [-0.05, 0) is 26.0 Å². The van der Waals surface area contributed by atoms with Crippen molar-refractivity contribution < 1.29 is 5.11 Å². The minimum atomic E-state index is -0.780. The molecule has 0 aliphatic carbocycles. The molecule has 0 unspecified atom stereocenters. The fraction of sp³-hybridized carbons (Fsp3) is 0.571. The summed E-state index contributed by atoms with van der Waals surface area (Å²) in [5, 5.41) is 12.9. The maximum absolute atomic E-state index is 11.8. The third-order valence-electron chi connectivity index (χ3n) is 6.09. The second-order valence-electron chi connectivity index (χ2n) is 7.98. The van der Waals surface area contributed by atoms with E-state index < -0.39 is 5.60 Å². The lowest BCUT2D eigenvalue weighted by molar-refractivity contribution is -0.108. The minimum absolute atomic E-state index is 0.122. The Hall–Kier alpha value is -1.31. The van der Waals surface area contributed by atoms with Crippen LogP contribution in [-0.4, -0.2) is 77.1 Å². The Labute approximate surface area is 166 Å². The van der Waals surface area contributed by atoms with Gasteiger partial charge >= 0.3 is 0 Å². The van der Waals surface area contributed by atoms with Crippen molar-refractivity contribution in [3.05, 3.63) is 52.0 Å². The van der Waals surface area contributed by atoms with Crippen molar-refractivity contribution in [3.63, 3.8) is 0 Å². The largest absolute Gasteiger partial charge is 0.383 e. The fourth-order valence-electron chi connectivity index (χ4n) is 4.44. The van der Waals surface area contributed by atoms with Crippen molar-refractivity contribution in [2.75, 3.05) is 46.3 Å². The van der Waals surface area contributed by atoms with E-state index in [4.69, 9.17) is 0 Å². The quantitative estimate of drug-likeness (QED) is 0.872. The predicted molar refractivity (Wildman–Crippen MR) is 110 cm³/mol. The molecule has 1 aromatic carbocycles. The number of hydrogen-bond acceptors (Lipinski definition) is 6. The number of rotatable bonds is 4. The summed E-state index contributed by atoms with van der Waals surface area (Å²) < 4.78 is 0. The molecule has 0 amide bonds. The summed E-state index contributed by atoms with van der Waals surface area (Å²) in [6, 6.07) is 10.4. The van der Waals surface area contributed by atoms with Crippen molar-refractivity contribution >= 4 is 11.3 Å². The Morgan fingerprint density at radius 2 is 1.89 bits per heavy atom. The lowest BCUT2D eigenvalue weighted by Crippen LogP contribution is -2.63. The van der Waals surface area contributed by atoms with Crippen LogP contribution in [0.5, 0.6) is 0 Å². The van der Waals surface area contributed by atoms with Crippen LogP contribution in [0, 0.1) is 6.92 Å². The van der Waals surface area contributed by atoms with Crippen molar-refractivity contribution in [3.8, 4) is 0 Å². The van der Waals surface area contributed by atoms with Crippen LogP contribution in [0.15, 0.2) is 36.5 Å². The molecule has 1 N–H and O–H groups in total. The molecule has 0 saturated carbocycles. The summed E-state index contributed by atoms with van der Waals surface area (Å²) >= 11 is 1.78.